The third-order valence-corrected chi connectivity index (χ3v) is 13.3. The maximum absolute atomic E-state index is 13.4. The number of esters is 1. The molecule has 4 N–H and O–H groups in total. The molecule has 0 radical (unpaired) electrons. The summed E-state index contributed by atoms with van der Waals surface area (Å²) >= 11 is 11.2. The number of aromatic hydroxyl groups is 1. The van der Waals surface area contributed by atoms with Crippen LogP contribution in [0.2, 0.25) is 0 Å². The normalized spacial score (nSPS) is 34.4. The highest BCUT2D eigenvalue weighted by atomic mass is 35.5. The van der Waals surface area contributed by atoms with E-state index in [4.69, 9.17) is 70.4 Å². The lowest BCUT2D eigenvalue weighted by molar-refractivity contribution is -0.364. The summed E-state index contributed by atoms with van der Waals surface area (Å²) in [6, 6.07) is 6.93. The first-order valence-electron chi connectivity index (χ1n) is 18.4. The Morgan fingerprint density at radius 1 is 0.946 bits per heavy atom. The maximum Gasteiger partial charge on any atom is 0.343 e. The van der Waals surface area contributed by atoms with Crippen LogP contribution in [-0.4, -0.2) is 135 Å². The predicted molar refractivity (Wildman–Crippen MR) is 198 cm³/mol. The van der Waals surface area contributed by atoms with Gasteiger partial charge in [0, 0.05) is 43.2 Å². The second kappa shape index (κ2) is 17.7. The summed E-state index contributed by atoms with van der Waals surface area (Å²) in [6.45, 7) is 4.23. The molecular formula is C36H47Cl2N2O15P. The van der Waals surface area contributed by atoms with Gasteiger partial charge in [-0.25, -0.2) is 9.76 Å². The van der Waals surface area contributed by atoms with E-state index in [1.807, 2.05) is 0 Å². The van der Waals surface area contributed by atoms with Gasteiger partial charge in [-0.05, 0) is 54.3 Å². The smallest absolute Gasteiger partial charge is 0.343 e. The standard InChI is InChI=1S/C29H32O13.C7H15Cl2N2O2P/c1-11-36-9-20-27(40-11)24(31)25(32)29(41-20)42-26-14-7-17-16(38-10-39-17)6-13(14)21(22-15(26)8-37-28(22)33)12-4-18(34-2)23(30)19(5-12)35-3;8-2-5-11(6-3-9)14(12)10-4-1-7-13-14/h4-7,11,15,20-22,24-27,29-32H,8-10H2,1-3H3;1-7H2,(H,10,12)/t11-,15?,20-,21-,22+,24-,25-,26?,27-,29+;/m1./s1. The molecule has 20 heteroatoms. The average Bonchev–Trinajstić information content (AvgIpc) is 3.83. The Labute approximate surface area is 333 Å². The fourth-order valence-electron chi connectivity index (χ4n) is 8.01. The van der Waals surface area contributed by atoms with Gasteiger partial charge >= 0.3 is 13.6 Å². The summed E-state index contributed by atoms with van der Waals surface area (Å²) in [5.74, 6) is -0.180. The van der Waals surface area contributed by atoms with Crippen molar-refractivity contribution in [2.75, 3.05) is 72.2 Å². The van der Waals surface area contributed by atoms with E-state index in [2.05, 4.69) is 5.09 Å². The molecule has 0 saturated carbocycles. The number of aliphatic hydroxyl groups excluding tert-OH is 2. The SMILES string of the molecule is COc1cc([C@@H]2c3cc4c(cc3C(O[C@@H]3O[C@@H]5CO[C@@H](C)O[C@H]5[C@H](O)[C@H]3O)C3COC(=O)[C@@H]32)OCO4)cc(OC)c1O.O=P1(N(CCCl)CCCl)NCCCO1. The second-order valence-electron chi connectivity index (χ2n) is 13.9. The number of cyclic esters (lactones) is 1. The number of alkyl halides is 2. The molecule has 2 aromatic rings. The lowest BCUT2D eigenvalue weighted by Gasteiger charge is -2.47. The lowest BCUT2D eigenvalue weighted by Crippen LogP contribution is -2.63. The van der Waals surface area contributed by atoms with Crippen LogP contribution in [-0.2, 0) is 37.6 Å². The third kappa shape index (κ3) is 8.03. The number of carbonyl (C=O) groups excluding carboxylic acids is 1. The topological polar surface area (TPSA) is 202 Å². The van der Waals surface area contributed by atoms with Crippen molar-refractivity contribution >= 4 is 36.8 Å². The monoisotopic (exact) mass is 848 g/mol. The molecule has 4 fully saturated rings. The van der Waals surface area contributed by atoms with E-state index in [9.17, 15) is 24.7 Å². The Kier molecular flexibility index (Phi) is 13.1. The molecule has 0 aromatic heterocycles. The Morgan fingerprint density at radius 3 is 2.25 bits per heavy atom. The molecule has 1 aliphatic carbocycles. The molecule has 17 nitrogen and oxygen atoms in total. The van der Waals surface area contributed by atoms with E-state index in [1.165, 1.54) is 14.2 Å². The molecule has 4 saturated heterocycles. The number of phenolic OH excluding ortho intramolecular Hbond substituents is 1. The summed E-state index contributed by atoms with van der Waals surface area (Å²) in [4.78, 5) is 13.4. The van der Waals surface area contributed by atoms with Crippen LogP contribution in [0.4, 0.5) is 0 Å². The van der Waals surface area contributed by atoms with E-state index < -0.39 is 74.5 Å². The van der Waals surface area contributed by atoms with Gasteiger partial charge in [0.15, 0.2) is 35.6 Å². The van der Waals surface area contributed by atoms with E-state index >= 15 is 0 Å². The van der Waals surface area contributed by atoms with Crippen LogP contribution >= 0.6 is 30.9 Å². The highest BCUT2D eigenvalue weighted by Gasteiger charge is 2.56. The van der Waals surface area contributed by atoms with Crippen LogP contribution in [0.3, 0.4) is 0 Å². The van der Waals surface area contributed by atoms with Gasteiger partial charge in [-0.2, -0.15) is 0 Å². The molecular weight excluding hydrogens is 802 g/mol. The van der Waals surface area contributed by atoms with Crippen molar-refractivity contribution in [1.82, 2.24) is 9.76 Å². The fraction of sp³-hybridized carbons (Fsp3) is 0.639. The molecule has 5 heterocycles. The first-order valence-corrected chi connectivity index (χ1v) is 21.0. The highest BCUT2D eigenvalue weighted by molar-refractivity contribution is 7.54. The van der Waals surface area contributed by atoms with E-state index in [0.29, 0.717) is 59.6 Å². The number of ether oxygens (including phenoxy) is 9. The minimum Gasteiger partial charge on any atom is -0.502 e. The summed E-state index contributed by atoms with van der Waals surface area (Å²) in [5.41, 5.74) is 2.01. The Morgan fingerprint density at radius 2 is 1.62 bits per heavy atom. The van der Waals surface area contributed by atoms with Crippen molar-refractivity contribution in [2.45, 2.75) is 62.4 Å². The molecule has 0 spiro atoms. The quantitative estimate of drug-likeness (QED) is 0.154. The van der Waals surface area contributed by atoms with Crippen LogP contribution in [0.1, 0.15) is 42.1 Å². The summed E-state index contributed by atoms with van der Waals surface area (Å²) in [5, 5.41) is 35.4. The van der Waals surface area contributed by atoms with Gasteiger partial charge < -0.3 is 62.5 Å². The van der Waals surface area contributed by atoms with Gasteiger partial charge in [-0.3, -0.25) is 9.36 Å². The zero-order valence-electron chi connectivity index (χ0n) is 31.0. The number of nitrogens with one attached hydrogen (secondary N) is 1. The van der Waals surface area contributed by atoms with Gasteiger partial charge in [0.05, 0.1) is 46.1 Å². The van der Waals surface area contributed by atoms with Gasteiger partial charge in [-0.15, -0.1) is 23.2 Å². The molecule has 11 atom stereocenters. The van der Waals surface area contributed by atoms with Crippen LogP contribution in [0.25, 0.3) is 0 Å². The minimum atomic E-state index is -2.84. The van der Waals surface area contributed by atoms with Crippen molar-refractivity contribution in [3.05, 3.63) is 41.0 Å². The zero-order valence-corrected chi connectivity index (χ0v) is 33.5. The first-order chi connectivity index (χ1) is 27.0. The molecule has 0 bridgehead atoms. The van der Waals surface area contributed by atoms with Gasteiger partial charge in [0.2, 0.25) is 12.5 Å². The molecule has 3 unspecified atom stereocenters. The Hall–Kier alpha value is -2.64. The fourth-order valence-corrected chi connectivity index (χ4v) is 10.7. The first kappa shape index (κ1) is 41.5. The van der Waals surface area contributed by atoms with Crippen LogP contribution in [0.5, 0.6) is 28.7 Å². The summed E-state index contributed by atoms with van der Waals surface area (Å²) in [7, 11) is 0.0173. The molecule has 0 amide bonds. The molecule has 5 aliphatic heterocycles. The number of halogens is 2. The Balaban J connectivity index is 0.000000292. The number of aliphatic hydroxyl groups is 2. The van der Waals surface area contributed by atoms with E-state index in [-0.39, 0.29) is 37.3 Å². The number of nitrogens with zero attached hydrogens (tertiary/aromatic N) is 1. The number of hydrogen-bond donors (Lipinski definition) is 4. The maximum atomic E-state index is 13.4. The van der Waals surface area contributed by atoms with Gasteiger partial charge in [0.1, 0.15) is 24.4 Å². The Bertz CT molecular complexity index is 1730. The lowest BCUT2D eigenvalue weighted by atomic mass is 9.66. The molecule has 2 aromatic carbocycles. The van der Waals surface area contributed by atoms with Crippen LogP contribution in [0, 0.1) is 11.8 Å². The number of fused-ring (bicyclic) bond motifs is 4. The zero-order chi connectivity index (χ0) is 39.7. The highest BCUT2D eigenvalue weighted by Crippen LogP contribution is 2.57. The summed E-state index contributed by atoms with van der Waals surface area (Å²) < 4.78 is 70.7. The second-order valence-corrected chi connectivity index (χ2v) is 16.9. The largest absolute Gasteiger partial charge is 0.502 e. The molecule has 310 valence electrons. The van der Waals surface area contributed by atoms with Crippen molar-refractivity contribution in [2.24, 2.45) is 11.8 Å². The van der Waals surface area contributed by atoms with Crippen molar-refractivity contribution < 1.29 is 71.8 Å². The van der Waals surface area contributed by atoms with E-state index in [0.717, 1.165) is 13.0 Å². The number of methoxy groups -OCH3 is 2. The van der Waals surface area contributed by atoms with Crippen LogP contribution in [0.15, 0.2) is 24.3 Å². The molecule has 6 aliphatic rings. The van der Waals surface area contributed by atoms with Crippen molar-refractivity contribution in [3.63, 3.8) is 0 Å². The van der Waals surface area contributed by atoms with Crippen LogP contribution < -0.4 is 24.0 Å². The van der Waals surface area contributed by atoms with E-state index in [1.54, 1.807) is 35.9 Å². The minimum absolute atomic E-state index is 0.0301. The number of benzene rings is 2. The predicted octanol–water partition coefficient (Wildman–Crippen LogP) is 3.22. The summed E-state index contributed by atoms with van der Waals surface area (Å²) in [6.07, 6.45) is -5.91. The van der Waals surface area contributed by atoms with Gasteiger partial charge in [-0.1, -0.05) is 0 Å². The number of hydrogen-bond acceptors (Lipinski definition) is 15. The number of rotatable bonds is 10. The average molecular weight is 850 g/mol. The number of phenols is 1. The molecule has 56 heavy (non-hydrogen) atoms. The van der Waals surface area contributed by atoms with Gasteiger partial charge in [0.25, 0.3) is 0 Å². The van der Waals surface area contributed by atoms with Crippen molar-refractivity contribution in [3.8, 4) is 28.7 Å². The molecule has 8 rings (SSSR count). The third-order valence-electron chi connectivity index (χ3n) is 10.7. The van der Waals surface area contributed by atoms with Crippen molar-refractivity contribution in [1.29, 1.82) is 0 Å². The number of carbonyl (C=O) groups is 1.